The Morgan fingerprint density at radius 3 is 2.86 bits per heavy atom. The average molecular weight is 315 g/mol. The SMILES string of the molecule is Cc1c2c(c[s+]1C)[nH]c(=O)n1nc(-c3ccccc3F)nc21. The molecule has 7 heteroatoms. The number of aromatic amines is 1. The second-order valence-electron chi connectivity index (χ2n) is 5.10. The van der Waals surface area contributed by atoms with Crippen molar-refractivity contribution in [2.24, 2.45) is 6.26 Å². The van der Waals surface area contributed by atoms with Crippen molar-refractivity contribution in [1.82, 2.24) is 19.6 Å². The summed E-state index contributed by atoms with van der Waals surface area (Å²) in [7, 11) is -0.0517. The fourth-order valence-corrected chi connectivity index (χ4v) is 3.82. The van der Waals surface area contributed by atoms with Crippen LogP contribution in [0.2, 0.25) is 0 Å². The van der Waals surface area contributed by atoms with Crippen molar-refractivity contribution in [3.8, 4) is 11.4 Å². The van der Waals surface area contributed by atoms with Gasteiger partial charge in [0.1, 0.15) is 23.0 Å². The highest BCUT2D eigenvalue weighted by Gasteiger charge is 2.21. The Morgan fingerprint density at radius 2 is 2.09 bits per heavy atom. The van der Waals surface area contributed by atoms with Crippen molar-refractivity contribution in [2.75, 3.05) is 0 Å². The van der Waals surface area contributed by atoms with Crippen LogP contribution in [0.4, 0.5) is 4.39 Å². The van der Waals surface area contributed by atoms with Crippen LogP contribution in [0.3, 0.4) is 0 Å². The first kappa shape index (κ1) is 13.1. The number of benzene rings is 1. The number of fused-ring (bicyclic) bond motifs is 3. The lowest BCUT2D eigenvalue weighted by molar-refractivity contribution is 0.630. The zero-order valence-corrected chi connectivity index (χ0v) is 12.7. The maximum absolute atomic E-state index is 13.9. The minimum atomic E-state index is -0.408. The molecule has 0 aliphatic rings. The average Bonchev–Trinajstić information content (AvgIpc) is 3.03. The molecule has 0 radical (unpaired) electrons. The molecule has 0 saturated carbocycles. The van der Waals surface area contributed by atoms with Crippen molar-refractivity contribution in [3.05, 3.63) is 50.8 Å². The number of hydrogen-bond acceptors (Lipinski definition) is 3. The van der Waals surface area contributed by atoms with Gasteiger partial charge in [0.05, 0.1) is 5.56 Å². The third kappa shape index (κ3) is 1.72. The molecule has 0 spiro atoms. The molecule has 22 heavy (non-hydrogen) atoms. The summed E-state index contributed by atoms with van der Waals surface area (Å²) in [5.74, 6) is -0.193. The molecule has 0 fully saturated rings. The van der Waals surface area contributed by atoms with Crippen molar-refractivity contribution in [3.63, 3.8) is 0 Å². The van der Waals surface area contributed by atoms with Crippen LogP contribution in [0, 0.1) is 12.7 Å². The first-order chi connectivity index (χ1) is 10.6. The van der Waals surface area contributed by atoms with Gasteiger partial charge in [-0.25, -0.2) is 14.2 Å². The summed E-state index contributed by atoms with van der Waals surface area (Å²) in [6.07, 6.45) is 2.08. The van der Waals surface area contributed by atoms with Crippen molar-refractivity contribution >= 4 is 27.0 Å². The van der Waals surface area contributed by atoms with Gasteiger partial charge in [-0.05, 0) is 22.6 Å². The largest absolute Gasteiger partial charge is 0.348 e. The highest BCUT2D eigenvalue weighted by atomic mass is 32.2. The maximum Gasteiger partial charge on any atom is 0.348 e. The topological polar surface area (TPSA) is 63.0 Å². The predicted octanol–water partition coefficient (Wildman–Crippen LogP) is 2.97. The lowest BCUT2D eigenvalue weighted by Gasteiger charge is -1.95. The number of H-pyrrole nitrogens is 1. The summed E-state index contributed by atoms with van der Waals surface area (Å²) < 4.78 is 15.1. The van der Waals surface area contributed by atoms with Crippen molar-refractivity contribution < 1.29 is 4.39 Å². The second kappa shape index (κ2) is 4.48. The van der Waals surface area contributed by atoms with Crippen molar-refractivity contribution in [1.29, 1.82) is 0 Å². The van der Waals surface area contributed by atoms with Gasteiger partial charge in [-0.15, -0.1) is 5.10 Å². The maximum atomic E-state index is 13.9. The summed E-state index contributed by atoms with van der Waals surface area (Å²) in [5, 5.41) is 7.08. The summed E-state index contributed by atoms with van der Waals surface area (Å²) >= 11 is 0. The van der Waals surface area contributed by atoms with E-state index in [-0.39, 0.29) is 27.5 Å². The lowest BCUT2D eigenvalue weighted by atomic mass is 10.2. The highest BCUT2D eigenvalue weighted by Crippen LogP contribution is 2.33. The molecular formula is C15H12FN4OS+. The molecule has 1 atom stereocenters. The first-order valence-electron chi connectivity index (χ1n) is 6.68. The second-order valence-corrected chi connectivity index (χ2v) is 7.06. The number of nitrogens with one attached hydrogen (secondary N) is 1. The lowest BCUT2D eigenvalue weighted by Crippen LogP contribution is -2.17. The fraction of sp³-hybridized carbons (Fsp3) is 0.133. The number of nitrogens with zero attached hydrogens (tertiary/aromatic N) is 3. The smallest absolute Gasteiger partial charge is 0.301 e. The molecule has 0 aliphatic heterocycles. The predicted molar refractivity (Wildman–Crippen MR) is 84.7 cm³/mol. The number of aryl methyl sites for hydroxylation is 2. The molecule has 4 rings (SSSR count). The molecule has 0 aliphatic carbocycles. The van der Waals surface area contributed by atoms with E-state index in [2.05, 4.69) is 21.3 Å². The first-order valence-corrected chi connectivity index (χ1v) is 8.37. The number of aromatic nitrogens is 4. The number of hydrogen-bond donors (Lipinski definition) is 1. The summed E-state index contributed by atoms with van der Waals surface area (Å²) in [6.45, 7) is 2.02. The molecule has 1 unspecified atom stereocenters. The summed E-state index contributed by atoms with van der Waals surface area (Å²) in [6, 6.07) is 6.28. The van der Waals surface area contributed by atoms with Gasteiger partial charge in [0.2, 0.25) is 0 Å². The Bertz CT molecular complexity index is 1090. The van der Waals surface area contributed by atoms with Gasteiger partial charge < -0.3 is 4.98 Å². The number of rotatable bonds is 1. The van der Waals surface area contributed by atoms with Gasteiger partial charge in [-0.1, -0.05) is 12.1 Å². The highest BCUT2D eigenvalue weighted by molar-refractivity contribution is 7.29. The molecular weight excluding hydrogens is 303 g/mol. The van der Waals surface area contributed by atoms with E-state index in [0.29, 0.717) is 5.65 Å². The molecule has 4 aromatic rings. The van der Waals surface area contributed by atoms with Crippen LogP contribution in [0.15, 0.2) is 34.4 Å². The van der Waals surface area contributed by atoms with Crippen LogP contribution in [0.5, 0.6) is 0 Å². The fourth-order valence-electron chi connectivity index (χ4n) is 2.58. The molecule has 0 amide bonds. The molecule has 3 aromatic heterocycles. The zero-order valence-electron chi connectivity index (χ0n) is 11.9. The Balaban J connectivity index is 2.14. The molecule has 0 bridgehead atoms. The van der Waals surface area contributed by atoms with Gasteiger partial charge in [0.15, 0.2) is 21.7 Å². The minimum absolute atomic E-state index is 0.0517. The van der Waals surface area contributed by atoms with Gasteiger partial charge in [-0.2, -0.15) is 4.52 Å². The van der Waals surface area contributed by atoms with Crippen LogP contribution in [-0.2, 0) is 6.26 Å². The number of thiophene rings is 1. The van der Waals surface area contributed by atoms with E-state index < -0.39 is 5.82 Å². The Kier molecular flexibility index (Phi) is 2.67. The third-order valence-corrected chi connectivity index (χ3v) is 5.54. The van der Waals surface area contributed by atoms with Crippen LogP contribution < -0.4 is 5.69 Å². The van der Waals surface area contributed by atoms with Crippen molar-refractivity contribution in [2.45, 2.75) is 6.92 Å². The molecule has 0 saturated heterocycles. The summed E-state index contributed by atoms with van der Waals surface area (Å²) in [4.78, 5) is 20.5. The minimum Gasteiger partial charge on any atom is -0.301 e. The van der Waals surface area contributed by atoms with Gasteiger partial charge in [0, 0.05) is 6.92 Å². The molecule has 1 N–H and O–H groups in total. The van der Waals surface area contributed by atoms with Crippen LogP contribution in [0.25, 0.3) is 27.9 Å². The van der Waals surface area contributed by atoms with E-state index >= 15 is 0 Å². The molecule has 5 nitrogen and oxygen atoms in total. The third-order valence-electron chi connectivity index (χ3n) is 3.78. The monoisotopic (exact) mass is 315 g/mol. The van der Waals surface area contributed by atoms with Crippen LogP contribution in [0.1, 0.15) is 4.88 Å². The Morgan fingerprint density at radius 1 is 1.32 bits per heavy atom. The molecule has 1 aromatic carbocycles. The van der Waals surface area contributed by atoms with E-state index in [9.17, 15) is 9.18 Å². The Hall–Kier alpha value is -2.54. The van der Waals surface area contributed by atoms with Crippen LogP contribution in [-0.4, -0.2) is 19.6 Å². The van der Waals surface area contributed by atoms with E-state index in [1.807, 2.05) is 12.3 Å². The number of halogens is 1. The van der Waals surface area contributed by atoms with Gasteiger partial charge in [0.25, 0.3) is 0 Å². The van der Waals surface area contributed by atoms with Gasteiger partial charge >= 0.3 is 5.69 Å². The van der Waals surface area contributed by atoms with E-state index in [1.165, 1.54) is 10.6 Å². The molecule has 110 valence electrons. The summed E-state index contributed by atoms with van der Waals surface area (Å²) in [5.41, 5.74) is 1.16. The Labute approximate surface area is 127 Å². The van der Waals surface area contributed by atoms with Gasteiger partial charge in [-0.3, -0.25) is 0 Å². The standard InChI is InChI=1S/C15H11FN4OS/c1-8-12-11(7-22(8)2)17-15(21)20-14(12)18-13(19-20)9-5-3-4-6-10(9)16/h3-7H,1-2H3/p+1. The zero-order chi connectivity index (χ0) is 15.4. The van der Waals surface area contributed by atoms with E-state index in [4.69, 9.17) is 0 Å². The quantitative estimate of drug-likeness (QED) is 0.549. The molecule has 3 heterocycles. The van der Waals surface area contributed by atoms with E-state index in [0.717, 1.165) is 15.8 Å². The van der Waals surface area contributed by atoms with E-state index in [1.54, 1.807) is 18.2 Å². The van der Waals surface area contributed by atoms with Crippen LogP contribution >= 0.6 is 10.5 Å². The normalized spacial score (nSPS) is 12.4.